The van der Waals surface area contributed by atoms with E-state index in [4.69, 9.17) is 0 Å². The van der Waals surface area contributed by atoms with Gasteiger partial charge < -0.3 is 10.2 Å². The predicted molar refractivity (Wildman–Crippen MR) is 67.0 cm³/mol. The van der Waals surface area contributed by atoms with Crippen molar-refractivity contribution in [2.75, 3.05) is 23.8 Å². The molecule has 2 nitrogen and oxygen atoms in total. The molecule has 1 aliphatic heterocycles. The highest BCUT2D eigenvalue weighted by Crippen LogP contribution is 2.42. The fourth-order valence-electron chi connectivity index (χ4n) is 3.06. The number of likely N-dealkylation sites (N-methyl/N-ethyl adjacent to an activating group) is 1. The zero-order valence-electron chi connectivity index (χ0n) is 9.25. The number of fused-ring (bicyclic) bond motifs is 1. The summed E-state index contributed by atoms with van der Waals surface area (Å²) < 4.78 is 0. The van der Waals surface area contributed by atoms with E-state index in [9.17, 15) is 0 Å². The Morgan fingerprint density at radius 3 is 2.87 bits per heavy atom. The Hall–Kier alpha value is -0.700. The van der Waals surface area contributed by atoms with Gasteiger partial charge in [0, 0.05) is 24.4 Å². The van der Waals surface area contributed by atoms with Crippen LogP contribution in [0.25, 0.3) is 0 Å². The van der Waals surface area contributed by atoms with Crippen LogP contribution in [-0.4, -0.2) is 19.1 Å². The van der Waals surface area contributed by atoms with Crippen LogP contribution >= 0.6 is 11.3 Å². The standard InChI is InChI=1S/C12H18N2S/c1-14-9-12(5-3-2-4-6-12)13-10-7-15-8-11(10)14/h7-8,13H,2-6,9H2,1H3. The molecule has 0 radical (unpaired) electrons. The summed E-state index contributed by atoms with van der Waals surface area (Å²) in [5.74, 6) is 0. The van der Waals surface area contributed by atoms with E-state index in [1.807, 2.05) is 0 Å². The summed E-state index contributed by atoms with van der Waals surface area (Å²) >= 11 is 1.80. The van der Waals surface area contributed by atoms with Gasteiger partial charge in [0.1, 0.15) is 0 Å². The van der Waals surface area contributed by atoms with Gasteiger partial charge in [0.25, 0.3) is 0 Å². The highest BCUT2D eigenvalue weighted by atomic mass is 32.1. The van der Waals surface area contributed by atoms with E-state index in [0.29, 0.717) is 5.54 Å². The van der Waals surface area contributed by atoms with Gasteiger partial charge in [-0.25, -0.2) is 0 Å². The van der Waals surface area contributed by atoms with Gasteiger partial charge in [-0.3, -0.25) is 0 Å². The van der Waals surface area contributed by atoms with Crippen molar-refractivity contribution in [2.24, 2.45) is 0 Å². The van der Waals surface area contributed by atoms with Crippen molar-refractivity contribution >= 4 is 22.7 Å². The second kappa shape index (κ2) is 3.41. The molecule has 1 fully saturated rings. The van der Waals surface area contributed by atoms with Crippen molar-refractivity contribution in [1.29, 1.82) is 0 Å². The van der Waals surface area contributed by atoms with Crippen molar-refractivity contribution in [3.63, 3.8) is 0 Å². The van der Waals surface area contributed by atoms with Gasteiger partial charge in [-0.2, -0.15) is 0 Å². The Labute approximate surface area is 95.3 Å². The first-order valence-corrected chi connectivity index (χ1v) is 6.79. The molecule has 2 aliphatic rings. The quantitative estimate of drug-likeness (QED) is 0.724. The van der Waals surface area contributed by atoms with Gasteiger partial charge in [0.15, 0.2) is 0 Å². The van der Waals surface area contributed by atoms with E-state index >= 15 is 0 Å². The fourth-order valence-corrected chi connectivity index (χ4v) is 3.88. The number of hydrogen-bond donors (Lipinski definition) is 1. The lowest BCUT2D eigenvalue weighted by Gasteiger charge is -2.45. The molecule has 0 unspecified atom stereocenters. The molecule has 1 aliphatic carbocycles. The molecule has 0 atom stereocenters. The normalized spacial score (nSPS) is 23.7. The van der Waals surface area contributed by atoms with Crippen LogP contribution in [0, 0.1) is 0 Å². The van der Waals surface area contributed by atoms with Gasteiger partial charge in [0.2, 0.25) is 0 Å². The van der Waals surface area contributed by atoms with E-state index in [-0.39, 0.29) is 0 Å². The van der Waals surface area contributed by atoms with Crippen molar-refractivity contribution in [3.05, 3.63) is 10.8 Å². The van der Waals surface area contributed by atoms with Gasteiger partial charge in [0.05, 0.1) is 16.9 Å². The maximum atomic E-state index is 3.79. The SMILES string of the molecule is CN1CC2(CCCCC2)Nc2cscc21. The van der Waals surface area contributed by atoms with Crippen LogP contribution in [0.2, 0.25) is 0 Å². The minimum absolute atomic E-state index is 0.376. The molecule has 1 aromatic rings. The van der Waals surface area contributed by atoms with Crippen LogP contribution in [0.1, 0.15) is 32.1 Å². The zero-order chi connectivity index (χ0) is 10.3. The lowest BCUT2D eigenvalue weighted by molar-refractivity contribution is 0.323. The number of anilines is 2. The first kappa shape index (κ1) is 9.52. The van der Waals surface area contributed by atoms with Gasteiger partial charge in [-0.15, -0.1) is 11.3 Å². The molecule has 3 rings (SSSR count). The summed E-state index contributed by atoms with van der Waals surface area (Å²) in [6, 6.07) is 0. The van der Waals surface area contributed by atoms with E-state index in [1.54, 1.807) is 11.3 Å². The van der Waals surface area contributed by atoms with Crippen LogP contribution in [0.5, 0.6) is 0 Å². The molecule has 0 amide bonds. The monoisotopic (exact) mass is 222 g/mol. The second-order valence-corrected chi connectivity index (χ2v) is 5.74. The minimum Gasteiger partial charge on any atom is -0.375 e. The molecular formula is C12H18N2S. The van der Waals surface area contributed by atoms with Gasteiger partial charge >= 0.3 is 0 Å². The van der Waals surface area contributed by atoms with Crippen LogP contribution in [0.15, 0.2) is 10.8 Å². The van der Waals surface area contributed by atoms with Gasteiger partial charge in [-0.05, 0) is 12.8 Å². The molecule has 2 heterocycles. The maximum Gasteiger partial charge on any atom is 0.0709 e. The number of rotatable bonds is 0. The minimum atomic E-state index is 0.376. The van der Waals surface area contributed by atoms with Crippen LogP contribution < -0.4 is 10.2 Å². The summed E-state index contributed by atoms with van der Waals surface area (Å²) in [5, 5.41) is 8.29. The van der Waals surface area contributed by atoms with E-state index in [1.165, 1.54) is 50.0 Å². The lowest BCUT2D eigenvalue weighted by Crippen LogP contribution is -2.52. The average molecular weight is 222 g/mol. The van der Waals surface area contributed by atoms with Crippen molar-refractivity contribution in [1.82, 2.24) is 0 Å². The molecular weight excluding hydrogens is 204 g/mol. The third kappa shape index (κ3) is 1.53. The molecule has 0 bridgehead atoms. The largest absolute Gasteiger partial charge is 0.375 e. The number of thiophene rings is 1. The molecule has 1 N–H and O–H groups in total. The molecule has 3 heteroatoms. The molecule has 0 saturated heterocycles. The predicted octanol–water partition coefficient (Wildman–Crippen LogP) is 3.31. The molecule has 0 aromatic carbocycles. The molecule has 82 valence electrons. The van der Waals surface area contributed by atoms with E-state index < -0.39 is 0 Å². The summed E-state index contributed by atoms with van der Waals surface area (Å²) in [4.78, 5) is 2.42. The maximum absolute atomic E-state index is 3.79. The lowest BCUT2D eigenvalue weighted by atomic mass is 9.80. The highest BCUT2D eigenvalue weighted by Gasteiger charge is 2.37. The Kier molecular flexibility index (Phi) is 2.16. The number of nitrogens with zero attached hydrogens (tertiary/aromatic N) is 1. The van der Waals surface area contributed by atoms with Crippen LogP contribution in [0.3, 0.4) is 0 Å². The third-order valence-electron chi connectivity index (χ3n) is 3.80. The third-order valence-corrected chi connectivity index (χ3v) is 4.53. The first-order valence-electron chi connectivity index (χ1n) is 5.85. The van der Waals surface area contributed by atoms with E-state index in [2.05, 4.69) is 28.0 Å². The molecule has 1 aromatic heterocycles. The van der Waals surface area contributed by atoms with Crippen LogP contribution in [0.4, 0.5) is 11.4 Å². The smallest absolute Gasteiger partial charge is 0.0709 e. The summed E-state index contributed by atoms with van der Waals surface area (Å²) in [5.41, 5.74) is 3.12. The van der Waals surface area contributed by atoms with Crippen molar-refractivity contribution < 1.29 is 0 Å². The first-order chi connectivity index (χ1) is 7.29. The Morgan fingerprint density at radius 1 is 1.27 bits per heavy atom. The fraction of sp³-hybridized carbons (Fsp3) is 0.667. The van der Waals surface area contributed by atoms with Crippen LogP contribution in [-0.2, 0) is 0 Å². The molecule has 1 saturated carbocycles. The second-order valence-electron chi connectivity index (χ2n) is 4.99. The topological polar surface area (TPSA) is 15.3 Å². The zero-order valence-corrected chi connectivity index (χ0v) is 10.1. The number of hydrogen-bond acceptors (Lipinski definition) is 3. The number of nitrogens with one attached hydrogen (secondary N) is 1. The van der Waals surface area contributed by atoms with Gasteiger partial charge in [-0.1, -0.05) is 19.3 Å². The Balaban J connectivity index is 1.91. The summed E-state index contributed by atoms with van der Waals surface area (Å²) in [7, 11) is 2.22. The van der Waals surface area contributed by atoms with Crippen molar-refractivity contribution in [2.45, 2.75) is 37.6 Å². The summed E-state index contributed by atoms with van der Waals surface area (Å²) in [6.45, 7) is 1.18. The summed E-state index contributed by atoms with van der Waals surface area (Å²) in [6.07, 6.45) is 6.88. The highest BCUT2D eigenvalue weighted by molar-refractivity contribution is 7.09. The average Bonchev–Trinajstić information content (AvgIpc) is 2.67. The Bertz CT molecular complexity index is 352. The molecule has 15 heavy (non-hydrogen) atoms. The molecule has 1 spiro atoms. The van der Waals surface area contributed by atoms with E-state index in [0.717, 1.165) is 0 Å². The van der Waals surface area contributed by atoms with Crippen molar-refractivity contribution in [3.8, 4) is 0 Å². The Morgan fingerprint density at radius 2 is 2.07 bits per heavy atom.